The second kappa shape index (κ2) is 6.93. The monoisotopic (exact) mass is 394 g/mol. The fourth-order valence-electron chi connectivity index (χ4n) is 2.19. The Morgan fingerprint density at radius 1 is 1.19 bits per heavy atom. The first-order valence-corrected chi connectivity index (χ1v) is 7.94. The lowest BCUT2D eigenvalue weighted by Crippen LogP contribution is -2.10. The summed E-state index contributed by atoms with van der Waals surface area (Å²) in [6, 6.07) is 14.4. The zero-order chi connectivity index (χ0) is 15.4. The second-order valence-electron chi connectivity index (χ2n) is 5.13. The molecule has 0 aromatic heterocycles. The summed E-state index contributed by atoms with van der Waals surface area (Å²) in [5.74, 6) is -0.0544. The smallest absolute Gasteiger partial charge is 0.221 e. The summed E-state index contributed by atoms with van der Waals surface area (Å²) in [7, 11) is 0. The van der Waals surface area contributed by atoms with Crippen LogP contribution < -0.4 is 10.6 Å². The number of hydrogen-bond donors (Lipinski definition) is 2. The van der Waals surface area contributed by atoms with Crippen molar-refractivity contribution in [2.75, 3.05) is 10.6 Å². The summed E-state index contributed by atoms with van der Waals surface area (Å²) in [4.78, 5) is 11.1. The van der Waals surface area contributed by atoms with Gasteiger partial charge in [0.05, 0.1) is 0 Å². The standard InChI is InChI=1S/C17H19IN2O/c1-11-9-15(18)7-8-17(11)19-12(2)14-5-4-6-16(10-14)20-13(3)21/h4-10,12,19H,1-3H3,(H,20,21). The fraction of sp³-hybridized carbons (Fsp3) is 0.235. The lowest BCUT2D eigenvalue weighted by molar-refractivity contribution is -0.114. The lowest BCUT2D eigenvalue weighted by Gasteiger charge is -2.18. The van der Waals surface area contributed by atoms with E-state index in [9.17, 15) is 4.79 Å². The van der Waals surface area contributed by atoms with Crippen LogP contribution in [0.5, 0.6) is 0 Å². The zero-order valence-electron chi connectivity index (χ0n) is 12.4. The van der Waals surface area contributed by atoms with E-state index in [0.717, 1.165) is 16.9 Å². The molecule has 0 bridgehead atoms. The number of benzene rings is 2. The molecular formula is C17H19IN2O. The maximum atomic E-state index is 11.1. The molecule has 0 spiro atoms. The molecule has 0 heterocycles. The molecule has 3 nitrogen and oxygen atoms in total. The van der Waals surface area contributed by atoms with Crippen molar-refractivity contribution in [1.29, 1.82) is 0 Å². The summed E-state index contributed by atoms with van der Waals surface area (Å²) in [6.45, 7) is 5.73. The number of aryl methyl sites for hydroxylation is 1. The molecular weight excluding hydrogens is 375 g/mol. The van der Waals surface area contributed by atoms with E-state index in [1.54, 1.807) is 0 Å². The van der Waals surface area contributed by atoms with E-state index < -0.39 is 0 Å². The Morgan fingerprint density at radius 3 is 2.62 bits per heavy atom. The molecule has 1 amide bonds. The quantitative estimate of drug-likeness (QED) is 0.737. The van der Waals surface area contributed by atoms with E-state index in [1.807, 2.05) is 18.2 Å². The molecule has 1 unspecified atom stereocenters. The Hall–Kier alpha value is -1.56. The average molecular weight is 394 g/mol. The van der Waals surface area contributed by atoms with E-state index >= 15 is 0 Å². The van der Waals surface area contributed by atoms with Crippen molar-refractivity contribution in [2.45, 2.75) is 26.8 Å². The molecule has 2 aromatic carbocycles. The van der Waals surface area contributed by atoms with Crippen LogP contribution in [0.1, 0.15) is 31.0 Å². The molecule has 2 rings (SSSR count). The zero-order valence-corrected chi connectivity index (χ0v) is 14.6. The number of hydrogen-bond acceptors (Lipinski definition) is 2. The lowest BCUT2D eigenvalue weighted by atomic mass is 10.1. The van der Waals surface area contributed by atoms with Crippen LogP contribution in [0.2, 0.25) is 0 Å². The van der Waals surface area contributed by atoms with Gasteiger partial charge in [0.25, 0.3) is 0 Å². The number of carbonyl (C=O) groups is 1. The second-order valence-corrected chi connectivity index (χ2v) is 6.38. The van der Waals surface area contributed by atoms with Gasteiger partial charge in [-0.3, -0.25) is 4.79 Å². The molecule has 4 heteroatoms. The molecule has 1 atom stereocenters. The van der Waals surface area contributed by atoms with E-state index in [2.05, 4.69) is 71.3 Å². The molecule has 0 aliphatic carbocycles. The largest absolute Gasteiger partial charge is 0.378 e. The van der Waals surface area contributed by atoms with Gasteiger partial charge in [0.1, 0.15) is 0 Å². The molecule has 0 fully saturated rings. The number of anilines is 2. The number of rotatable bonds is 4. The minimum atomic E-state index is -0.0544. The SMILES string of the molecule is CC(=O)Nc1cccc(C(C)Nc2ccc(I)cc2C)c1. The summed E-state index contributed by atoms with van der Waals surface area (Å²) in [5, 5.41) is 6.33. The summed E-state index contributed by atoms with van der Waals surface area (Å²) >= 11 is 2.31. The topological polar surface area (TPSA) is 41.1 Å². The molecule has 2 aromatic rings. The maximum Gasteiger partial charge on any atom is 0.221 e. The first kappa shape index (κ1) is 15.8. The highest BCUT2D eigenvalue weighted by atomic mass is 127. The minimum Gasteiger partial charge on any atom is -0.378 e. The third-order valence-corrected chi connectivity index (χ3v) is 3.94. The summed E-state index contributed by atoms with van der Waals surface area (Å²) < 4.78 is 1.23. The predicted octanol–water partition coefficient (Wildman–Crippen LogP) is 4.73. The summed E-state index contributed by atoms with van der Waals surface area (Å²) in [6.07, 6.45) is 0. The Bertz CT molecular complexity index is 655. The minimum absolute atomic E-state index is 0.0544. The van der Waals surface area contributed by atoms with E-state index in [4.69, 9.17) is 0 Å². The van der Waals surface area contributed by atoms with Crippen molar-refractivity contribution in [3.63, 3.8) is 0 Å². The van der Waals surface area contributed by atoms with Crippen molar-refractivity contribution in [1.82, 2.24) is 0 Å². The van der Waals surface area contributed by atoms with Gasteiger partial charge in [-0.2, -0.15) is 0 Å². The van der Waals surface area contributed by atoms with Crippen LogP contribution in [-0.4, -0.2) is 5.91 Å². The van der Waals surface area contributed by atoms with E-state index in [0.29, 0.717) is 0 Å². The van der Waals surface area contributed by atoms with Crippen LogP contribution in [0.4, 0.5) is 11.4 Å². The fourth-order valence-corrected chi connectivity index (χ4v) is 2.84. The number of carbonyl (C=O) groups excluding carboxylic acids is 1. The highest BCUT2D eigenvalue weighted by Crippen LogP contribution is 2.25. The van der Waals surface area contributed by atoms with E-state index in [1.165, 1.54) is 16.1 Å². The Kier molecular flexibility index (Phi) is 5.22. The molecule has 0 radical (unpaired) electrons. The van der Waals surface area contributed by atoms with Gasteiger partial charge >= 0.3 is 0 Å². The van der Waals surface area contributed by atoms with Crippen LogP contribution in [0.25, 0.3) is 0 Å². The normalized spacial score (nSPS) is 11.8. The number of amides is 1. The van der Waals surface area contributed by atoms with Gasteiger partial charge in [0.2, 0.25) is 5.91 Å². The highest BCUT2D eigenvalue weighted by Gasteiger charge is 2.08. The van der Waals surface area contributed by atoms with Gasteiger partial charge in [-0.05, 0) is 77.9 Å². The Balaban J connectivity index is 2.16. The molecule has 2 N–H and O–H groups in total. The first-order valence-electron chi connectivity index (χ1n) is 6.86. The van der Waals surface area contributed by atoms with Crippen molar-refractivity contribution in [2.24, 2.45) is 0 Å². The molecule has 0 aliphatic rings. The van der Waals surface area contributed by atoms with Crippen LogP contribution >= 0.6 is 22.6 Å². The highest BCUT2D eigenvalue weighted by molar-refractivity contribution is 14.1. The van der Waals surface area contributed by atoms with Crippen molar-refractivity contribution < 1.29 is 4.79 Å². The average Bonchev–Trinajstić information content (AvgIpc) is 2.41. The molecule has 110 valence electrons. The van der Waals surface area contributed by atoms with Gasteiger partial charge in [0, 0.05) is 27.9 Å². The molecule has 0 aliphatic heterocycles. The molecule has 0 saturated heterocycles. The van der Waals surface area contributed by atoms with Crippen molar-refractivity contribution >= 4 is 39.9 Å². The third-order valence-electron chi connectivity index (χ3n) is 3.27. The van der Waals surface area contributed by atoms with Crippen LogP contribution in [0, 0.1) is 10.5 Å². The predicted molar refractivity (Wildman–Crippen MR) is 96.7 cm³/mol. The van der Waals surface area contributed by atoms with Crippen LogP contribution in [0.3, 0.4) is 0 Å². The van der Waals surface area contributed by atoms with E-state index in [-0.39, 0.29) is 11.9 Å². The first-order chi connectivity index (χ1) is 9.95. The van der Waals surface area contributed by atoms with Crippen molar-refractivity contribution in [3.8, 4) is 0 Å². The number of halogens is 1. The summed E-state index contributed by atoms with van der Waals surface area (Å²) in [5.41, 5.74) is 4.33. The van der Waals surface area contributed by atoms with Gasteiger partial charge in [-0.15, -0.1) is 0 Å². The van der Waals surface area contributed by atoms with Gasteiger partial charge in [-0.25, -0.2) is 0 Å². The third kappa shape index (κ3) is 4.46. The maximum absolute atomic E-state index is 11.1. The van der Waals surface area contributed by atoms with Crippen LogP contribution in [-0.2, 0) is 4.79 Å². The van der Waals surface area contributed by atoms with Crippen LogP contribution in [0.15, 0.2) is 42.5 Å². The Morgan fingerprint density at radius 2 is 1.95 bits per heavy atom. The Labute approximate surface area is 139 Å². The van der Waals surface area contributed by atoms with Gasteiger partial charge in [0.15, 0.2) is 0 Å². The van der Waals surface area contributed by atoms with Crippen molar-refractivity contribution in [3.05, 3.63) is 57.2 Å². The molecule has 21 heavy (non-hydrogen) atoms. The van der Waals surface area contributed by atoms with Gasteiger partial charge < -0.3 is 10.6 Å². The number of nitrogens with one attached hydrogen (secondary N) is 2. The van der Waals surface area contributed by atoms with Gasteiger partial charge in [-0.1, -0.05) is 12.1 Å². The molecule has 0 saturated carbocycles.